The summed E-state index contributed by atoms with van der Waals surface area (Å²) in [7, 11) is 0. The SMILES string of the molecule is [O-][I+2]([O-])O[I+](c1ccccc1)c1ccccc1. The van der Waals surface area contributed by atoms with Gasteiger partial charge in [0.1, 0.15) is 0 Å². The van der Waals surface area contributed by atoms with Gasteiger partial charge in [-0.25, -0.2) is 0 Å². The van der Waals surface area contributed by atoms with E-state index in [1.165, 1.54) is 0 Å². The van der Waals surface area contributed by atoms with Gasteiger partial charge >= 0.3 is 41.3 Å². The van der Waals surface area contributed by atoms with E-state index in [2.05, 4.69) is 0 Å². The highest BCUT2D eigenvalue weighted by molar-refractivity contribution is 5.03. The van der Waals surface area contributed by atoms with E-state index in [9.17, 15) is 6.87 Å². The van der Waals surface area contributed by atoms with Crippen LogP contribution in [-0.2, 0) is 1.40 Å². The molecule has 1 radical (unpaired) electrons. The Morgan fingerprint density at radius 2 is 1.18 bits per heavy atom. The summed E-state index contributed by atoms with van der Waals surface area (Å²) in [6.45, 7) is 0. The van der Waals surface area contributed by atoms with Crippen molar-refractivity contribution < 1.29 is 49.6 Å². The van der Waals surface area contributed by atoms with Crippen molar-refractivity contribution in [3.8, 4) is 0 Å². The molecule has 89 valence electrons. The Labute approximate surface area is 116 Å². The second kappa shape index (κ2) is 6.64. The van der Waals surface area contributed by atoms with Gasteiger partial charge in [0, 0.05) is 0 Å². The van der Waals surface area contributed by atoms with Crippen LogP contribution in [0.2, 0.25) is 0 Å². The highest BCUT2D eigenvalue weighted by Crippen LogP contribution is 1.86. The third-order valence-corrected chi connectivity index (χ3v) is 10.3. The fourth-order valence-corrected chi connectivity index (χ4v) is 9.21. The van der Waals surface area contributed by atoms with E-state index >= 15 is 0 Å². The van der Waals surface area contributed by atoms with Crippen LogP contribution in [0.15, 0.2) is 60.7 Å². The molecule has 17 heavy (non-hydrogen) atoms. The third kappa shape index (κ3) is 3.88. The maximum atomic E-state index is 10.9. The monoisotopic (exact) mass is 456 g/mol. The molecule has 0 unspecified atom stereocenters. The molecule has 0 N–H and O–H groups in total. The molecule has 0 spiro atoms. The lowest BCUT2D eigenvalue weighted by Crippen LogP contribution is -4.11. The molecule has 0 saturated heterocycles. The minimum atomic E-state index is -3.66. The van der Waals surface area contributed by atoms with E-state index in [-0.39, 0.29) is 0 Å². The predicted octanol–water partition coefficient (Wildman–Crippen LogP) is -5.63. The minimum Gasteiger partial charge on any atom is -0.392 e. The molecule has 0 atom stereocenters. The lowest BCUT2D eigenvalue weighted by atomic mass is 10.4. The van der Waals surface area contributed by atoms with Crippen LogP contribution in [0.4, 0.5) is 0 Å². The van der Waals surface area contributed by atoms with Gasteiger partial charge in [0.15, 0.2) is 8.54 Å². The summed E-state index contributed by atoms with van der Waals surface area (Å²) in [6, 6.07) is 19.1. The Bertz CT molecular complexity index is 408. The molecule has 0 bridgehead atoms. The van der Waals surface area contributed by atoms with Gasteiger partial charge in [0.25, 0.3) is 0 Å². The van der Waals surface area contributed by atoms with Gasteiger partial charge in [-0.3, -0.25) is 0 Å². The molecule has 2 aromatic carbocycles. The van der Waals surface area contributed by atoms with Crippen molar-refractivity contribution in [1.29, 1.82) is 0 Å². The van der Waals surface area contributed by atoms with E-state index in [0.717, 1.165) is 7.14 Å². The zero-order valence-electron chi connectivity index (χ0n) is 8.75. The number of hydrogen-bond acceptors (Lipinski definition) is 3. The topological polar surface area (TPSA) is 55.3 Å². The normalized spacial score (nSPS) is 11.1. The highest BCUT2D eigenvalue weighted by atomic mass is 127. The molecule has 0 amide bonds. The molecule has 3 nitrogen and oxygen atoms in total. The summed E-state index contributed by atoms with van der Waals surface area (Å²) in [5.41, 5.74) is 0. The third-order valence-electron chi connectivity index (χ3n) is 1.97. The Balaban J connectivity index is 2.32. The highest BCUT2D eigenvalue weighted by Gasteiger charge is 2.42. The zero-order valence-corrected chi connectivity index (χ0v) is 13.1. The molecular weight excluding hydrogens is 446 g/mol. The smallest absolute Gasteiger partial charge is 0.392 e. The van der Waals surface area contributed by atoms with Crippen LogP contribution in [-0.4, -0.2) is 0 Å². The number of rotatable bonds is 4. The van der Waals surface area contributed by atoms with E-state index in [1.807, 2.05) is 60.7 Å². The van der Waals surface area contributed by atoms with Crippen molar-refractivity contribution >= 4 is 0 Å². The van der Waals surface area contributed by atoms with Crippen molar-refractivity contribution in [3.63, 3.8) is 0 Å². The number of halogens is 2. The first-order valence-corrected chi connectivity index (χ1v) is 10.5. The lowest BCUT2D eigenvalue weighted by molar-refractivity contribution is -1.69. The van der Waals surface area contributed by atoms with E-state index in [1.54, 1.807) is 0 Å². The second-order valence-corrected chi connectivity index (χ2v) is 10.6. The van der Waals surface area contributed by atoms with Crippen molar-refractivity contribution in [2.24, 2.45) is 0 Å². The summed E-state index contributed by atoms with van der Waals surface area (Å²) < 4.78 is 29.0. The first-order valence-electron chi connectivity index (χ1n) is 4.82. The Kier molecular flexibility index (Phi) is 5.16. The van der Waals surface area contributed by atoms with Crippen LogP contribution < -0.4 is 48.2 Å². The zero-order chi connectivity index (χ0) is 12.1. The van der Waals surface area contributed by atoms with Crippen LogP contribution >= 0.6 is 0 Å². The Hall–Kier alpha value is -0.220. The summed E-state index contributed by atoms with van der Waals surface area (Å²) in [5.74, 6) is 0. The Morgan fingerprint density at radius 1 is 0.765 bits per heavy atom. The van der Waals surface area contributed by atoms with Gasteiger partial charge in [0.2, 0.25) is 0 Å². The van der Waals surface area contributed by atoms with Crippen molar-refractivity contribution in [2.45, 2.75) is 0 Å². The molecule has 5 heteroatoms. The molecular formula is C12H10I2O3+. The van der Waals surface area contributed by atoms with Crippen molar-refractivity contribution in [3.05, 3.63) is 67.8 Å². The molecule has 0 fully saturated rings. The molecule has 2 aromatic rings. The molecule has 0 aliphatic heterocycles. The van der Waals surface area contributed by atoms with Crippen LogP contribution in [0.3, 0.4) is 0 Å². The maximum absolute atomic E-state index is 10.9. The summed E-state index contributed by atoms with van der Waals surface area (Å²) in [4.78, 5) is 0. The fraction of sp³-hybridized carbons (Fsp3) is 0. The van der Waals surface area contributed by atoms with Crippen molar-refractivity contribution in [1.82, 2.24) is 0 Å². The summed E-state index contributed by atoms with van der Waals surface area (Å²) in [6.07, 6.45) is 0. The molecule has 0 heterocycles. The van der Waals surface area contributed by atoms with Gasteiger partial charge in [-0.2, -0.15) is 0 Å². The average molecular weight is 456 g/mol. The van der Waals surface area contributed by atoms with Crippen LogP contribution in [0.25, 0.3) is 0 Å². The van der Waals surface area contributed by atoms with Crippen LogP contribution in [0, 0.1) is 7.14 Å². The first kappa shape index (κ1) is 13.2. The van der Waals surface area contributed by atoms with Crippen LogP contribution in [0.1, 0.15) is 0 Å². The standard InChI is InChI=1S/C12H10I2O3/c15-14(16)17-13(11-7-3-1-4-8-11)12-9-5-2-6-10-12/h1-10H/q+1. The Morgan fingerprint density at radius 3 is 1.53 bits per heavy atom. The minimum absolute atomic E-state index is 0.997. The molecule has 0 saturated carbocycles. The van der Waals surface area contributed by atoms with E-state index in [0.29, 0.717) is 0 Å². The summed E-state index contributed by atoms with van der Waals surface area (Å²) >= 11 is -5.92. The van der Waals surface area contributed by atoms with E-state index in [4.69, 9.17) is 1.40 Å². The predicted molar refractivity (Wildman–Crippen MR) is 51.4 cm³/mol. The molecule has 0 aliphatic rings. The van der Waals surface area contributed by atoms with Gasteiger partial charge in [-0.15, -0.1) is 0 Å². The first-order chi connectivity index (χ1) is 8.27. The van der Waals surface area contributed by atoms with Gasteiger partial charge in [-0.1, -0.05) is 36.4 Å². The van der Waals surface area contributed by atoms with Crippen LogP contribution in [0.5, 0.6) is 0 Å². The van der Waals surface area contributed by atoms with Gasteiger partial charge < -0.3 is 6.87 Å². The largest absolute Gasteiger partial charge is 0.567 e. The van der Waals surface area contributed by atoms with Gasteiger partial charge in [-0.05, 0) is 24.3 Å². The average Bonchev–Trinajstić information content (AvgIpc) is 2.38. The van der Waals surface area contributed by atoms with E-state index < -0.39 is 41.3 Å². The summed E-state index contributed by atoms with van der Waals surface area (Å²) in [5, 5.41) is 0. The fourth-order valence-electron chi connectivity index (χ4n) is 1.30. The maximum Gasteiger partial charge on any atom is 0.567 e. The lowest BCUT2D eigenvalue weighted by Gasteiger charge is -1.97. The second-order valence-electron chi connectivity index (χ2n) is 3.09. The molecule has 0 aliphatic carbocycles. The molecule has 2 rings (SSSR count). The van der Waals surface area contributed by atoms with Gasteiger partial charge in [0.05, 0.1) is 0 Å². The number of hydrogen-bond donors (Lipinski definition) is 0. The molecule has 0 aromatic heterocycles. The van der Waals surface area contributed by atoms with Crippen molar-refractivity contribution in [2.75, 3.05) is 0 Å². The number of benzene rings is 2. The quantitative estimate of drug-likeness (QED) is 0.432.